The Morgan fingerprint density at radius 2 is 1.88 bits per heavy atom. The molecule has 1 unspecified atom stereocenters. The molecule has 0 aliphatic carbocycles. The van der Waals surface area contributed by atoms with Crippen LogP contribution in [0.25, 0.3) is 10.8 Å². The first kappa shape index (κ1) is 11.3. The first-order valence-electron chi connectivity index (χ1n) is 5.52. The second-order valence-electron chi connectivity index (χ2n) is 4.11. The van der Waals surface area contributed by atoms with Gasteiger partial charge >= 0.3 is 0 Å². The summed E-state index contributed by atoms with van der Waals surface area (Å²) in [5.41, 5.74) is 0. The molecule has 0 N–H and O–H groups in total. The number of hydrogen-bond acceptors (Lipinski definition) is 2. The quantitative estimate of drug-likeness (QED) is 0.789. The van der Waals surface area contributed by atoms with Gasteiger partial charge in [0.05, 0.1) is 6.61 Å². The van der Waals surface area contributed by atoms with Crippen molar-refractivity contribution in [3.8, 4) is 5.75 Å². The van der Waals surface area contributed by atoms with E-state index in [4.69, 9.17) is 4.74 Å². The van der Waals surface area contributed by atoms with Crippen molar-refractivity contribution >= 4 is 23.4 Å². The maximum atomic E-state index is 5.72. The second-order valence-corrected chi connectivity index (χ2v) is 4.47. The van der Waals surface area contributed by atoms with Crippen LogP contribution >= 0.6 is 12.6 Å². The lowest BCUT2D eigenvalue weighted by molar-refractivity contribution is 0.274. The summed E-state index contributed by atoms with van der Waals surface area (Å²) in [5.74, 6) is 2.27. The molecule has 0 amide bonds. The van der Waals surface area contributed by atoms with E-state index in [1.165, 1.54) is 10.8 Å². The first-order valence-corrected chi connectivity index (χ1v) is 6.15. The van der Waals surface area contributed by atoms with Crippen LogP contribution in [0.15, 0.2) is 42.5 Å². The van der Waals surface area contributed by atoms with Gasteiger partial charge in [-0.05, 0) is 34.6 Å². The van der Waals surface area contributed by atoms with E-state index < -0.39 is 0 Å². The molecule has 0 aliphatic heterocycles. The molecule has 0 fully saturated rings. The topological polar surface area (TPSA) is 9.23 Å². The summed E-state index contributed by atoms with van der Waals surface area (Å²) in [6, 6.07) is 14.5. The van der Waals surface area contributed by atoms with Gasteiger partial charge in [0.2, 0.25) is 0 Å². The van der Waals surface area contributed by atoms with Crippen LogP contribution in [0.4, 0.5) is 0 Å². The summed E-state index contributed by atoms with van der Waals surface area (Å²) in [7, 11) is 0. The monoisotopic (exact) mass is 232 g/mol. The van der Waals surface area contributed by atoms with E-state index >= 15 is 0 Å². The molecular formula is C14H16OS. The molecule has 0 radical (unpaired) electrons. The van der Waals surface area contributed by atoms with Crippen molar-refractivity contribution in [2.45, 2.75) is 6.92 Å². The average Bonchev–Trinajstić information content (AvgIpc) is 2.35. The number of thiol groups is 1. The molecule has 2 aromatic rings. The van der Waals surface area contributed by atoms with Gasteiger partial charge in [-0.2, -0.15) is 12.6 Å². The Bertz CT molecular complexity index is 467. The highest BCUT2D eigenvalue weighted by atomic mass is 32.1. The van der Waals surface area contributed by atoms with Crippen LogP contribution in [-0.2, 0) is 0 Å². The largest absolute Gasteiger partial charge is 0.493 e. The van der Waals surface area contributed by atoms with E-state index in [0.29, 0.717) is 5.92 Å². The summed E-state index contributed by atoms with van der Waals surface area (Å²) < 4.78 is 5.72. The SMILES string of the molecule is CC(CS)COc1ccc2ccccc2c1. The van der Waals surface area contributed by atoms with E-state index in [1.54, 1.807) is 0 Å². The van der Waals surface area contributed by atoms with Gasteiger partial charge < -0.3 is 4.74 Å². The maximum absolute atomic E-state index is 5.72. The molecule has 1 atom stereocenters. The predicted octanol–water partition coefficient (Wildman–Crippen LogP) is 3.78. The molecule has 0 saturated carbocycles. The summed E-state index contributed by atoms with van der Waals surface area (Å²) in [5, 5.41) is 2.47. The molecule has 84 valence electrons. The van der Waals surface area contributed by atoms with Gasteiger partial charge in [-0.15, -0.1) is 0 Å². The summed E-state index contributed by atoms with van der Waals surface area (Å²) in [6.07, 6.45) is 0. The van der Waals surface area contributed by atoms with Crippen LogP contribution < -0.4 is 4.74 Å². The lowest BCUT2D eigenvalue weighted by Gasteiger charge is -2.11. The van der Waals surface area contributed by atoms with Crippen LogP contribution in [0, 0.1) is 5.92 Å². The van der Waals surface area contributed by atoms with Crippen LogP contribution in [0.5, 0.6) is 5.75 Å². The third-order valence-corrected chi connectivity index (χ3v) is 3.19. The highest BCUT2D eigenvalue weighted by molar-refractivity contribution is 7.80. The van der Waals surface area contributed by atoms with E-state index in [2.05, 4.69) is 43.8 Å². The molecular weight excluding hydrogens is 216 g/mol. The lowest BCUT2D eigenvalue weighted by Crippen LogP contribution is -2.09. The van der Waals surface area contributed by atoms with Crippen molar-refractivity contribution in [2.24, 2.45) is 5.92 Å². The van der Waals surface area contributed by atoms with Crippen LogP contribution in [0.1, 0.15) is 6.92 Å². The molecule has 16 heavy (non-hydrogen) atoms. The minimum absolute atomic E-state index is 0.481. The van der Waals surface area contributed by atoms with E-state index in [9.17, 15) is 0 Å². The number of rotatable bonds is 4. The first-order chi connectivity index (χ1) is 7.79. The third-order valence-electron chi connectivity index (χ3n) is 2.57. The molecule has 0 saturated heterocycles. The molecule has 0 spiro atoms. The Hall–Kier alpha value is -1.15. The molecule has 0 aromatic heterocycles. The molecule has 1 nitrogen and oxygen atoms in total. The summed E-state index contributed by atoms with van der Waals surface area (Å²) >= 11 is 4.24. The Balaban J connectivity index is 2.13. The van der Waals surface area contributed by atoms with Crippen molar-refractivity contribution in [1.82, 2.24) is 0 Å². The Labute approximate surface area is 102 Å². The normalized spacial score (nSPS) is 12.6. The van der Waals surface area contributed by atoms with Crippen LogP contribution in [0.3, 0.4) is 0 Å². The second kappa shape index (κ2) is 5.26. The van der Waals surface area contributed by atoms with Gasteiger partial charge in [0.25, 0.3) is 0 Å². The smallest absolute Gasteiger partial charge is 0.119 e. The fourth-order valence-corrected chi connectivity index (χ4v) is 1.65. The maximum Gasteiger partial charge on any atom is 0.119 e. The number of fused-ring (bicyclic) bond motifs is 1. The molecule has 2 aromatic carbocycles. The zero-order valence-electron chi connectivity index (χ0n) is 9.39. The third kappa shape index (κ3) is 2.70. The van der Waals surface area contributed by atoms with Gasteiger partial charge in [0.15, 0.2) is 0 Å². The molecule has 2 rings (SSSR count). The minimum atomic E-state index is 0.481. The van der Waals surface area contributed by atoms with Gasteiger partial charge in [-0.1, -0.05) is 37.3 Å². The zero-order valence-corrected chi connectivity index (χ0v) is 10.3. The fourth-order valence-electron chi connectivity index (χ4n) is 1.55. The van der Waals surface area contributed by atoms with Crippen molar-refractivity contribution < 1.29 is 4.74 Å². The molecule has 2 heteroatoms. The van der Waals surface area contributed by atoms with Crippen molar-refractivity contribution in [1.29, 1.82) is 0 Å². The Morgan fingerprint density at radius 3 is 2.62 bits per heavy atom. The van der Waals surface area contributed by atoms with Crippen LogP contribution in [-0.4, -0.2) is 12.4 Å². The van der Waals surface area contributed by atoms with Gasteiger partial charge in [-0.3, -0.25) is 0 Å². The average molecular weight is 232 g/mol. The van der Waals surface area contributed by atoms with E-state index in [1.807, 2.05) is 18.2 Å². The van der Waals surface area contributed by atoms with Crippen molar-refractivity contribution in [3.63, 3.8) is 0 Å². The molecule has 0 aliphatic rings. The predicted molar refractivity (Wildman–Crippen MR) is 72.5 cm³/mol. The lowest BCUT2D eigenvalue weighted by atomic mass is 10.1. The van der Waals surface area contributed by atoms with E-state index in [-0.39, 0.29) is 0 Å². The summed E-state index contributed by atoms with van der Waals surface area (Å²) in [4.78, 5) is 0. The van der Waals surface area contributed by atoms with Gasteiger partial charge in [-0.25, -0.2) is 0 Å². The van der Waals surface area contributed by atoms with Crippen molar-refractivity contribution in [3.05, 3.63) is 42.5 Å². The molecule has 0 bridgehead atoms. The van der Waals surface area contributed by atoms with Crippen molar-refractivity contribution in [2.75, 3.05) is 12.4 Å². The minimum Gasteiger partial charge on any atom is -0.493 e. The van der Waals surface area contributed by atoms with Crippen LogP contribution in [0.2, 0.25) is 0 Å². The molecule has 0 heterocycles. The van der Waals surface area contributed by atoms with E-state index in [0.717, 1.165) is 18.1 Å². The standard InChI is InChI=1S/C14H16OS/c1-11(10-16)9-15-14-7-6-12-4-2-3-5-13(12)8-14/h2-8,11,16H,9-10H2,1H3. The Morgan fingerprint density at radius 1 is 1.12 bits per heavy atom. The highest BCUT2D eigenvalue weighted by Gasteiger charge is 2.01. The number of benzene rings is 2. The highest BCUT2D eigenvalue weighted by Crippen LogP contribution is 2.20. The number of ether oxygens (including phenoxy) is 1. The number of hydrogen-bond donors (Lipinski definition) is 1. The zero-order chi connectivity index (χ0) is 11.4. The Kier molecular flexibility index (Phi) is 3.73. The summed E-state index contributed by atoms with van der Waals surface area (Å²) in [6.45, 7) is 2.86. The van der Waals surface area contributed by atoms with Gasteiger partial charge in [0.1, 0.15) is 5.75 Å². The fraction of sp³-hybridized carbons (Fsp3) is 0.286. The van der Waals surface area contributed by atoms with Gasteiger partial charge in [0, 0.05) is 0 Å².